The van der Waals surface area contributed by atoms with E-state index in [-0.39, 0.29) is 24.5 Å². The second-order valence-corrected chi connectivity index (χ2v) is 13.0. The smallest absolute Gasteiger partial charge is 0.305 e. The quantitative estimate of drug-likeness (QED) is 0.0877. The summed E-state index contributed by atoms with van der Waals surface area (Å²) in [4.78, 5) is 89.8. The van der Waals surface area contributed by atoms with E-state index < -0.39 is 90.0 Å². The van der Waals surface area contributed by atoms with E-state index in [4.69, 9.17) is 11.5 Å². The van der Waals surface area contributed by atoms with Crippen molar-refractivity contribution >= 4 is 41.4 Å². The fourth-order valence-electron chi connectivity index (χ4n) is 4.97. The molecular weight excluding hydrogens is 662 g/mol. The van der Waals surface area contributed by atoms with Crippen molar-refractivity contribution in [3.05, 3.63) is 65.7 Å². The first-order chi connectivity index (χ1) is 23.9. The van der Waals surface area contributed by atoms with Gasteiger partial charge in [-0.15, -0.1) is 0 Å². The van der Waals surface area contributed by atoms with E-state index in [0.717, 1.165) is 0 Å². The molecule has 0 aromatic heterocycles. The highest BCUT2D eigenvalue weighted by molar-refractivity contribution is 5.97. The van der Waals surface area contributed by atoms with Crippen LogP contribution in [-0.2, 0) is 46.4 Å². The van der Waals surface area contributed by atoms with Crippen LogP contribution >= 0.6 is 0 Å². The Bertz CT molecular complexity index is 1530. The van der Waals surface area contributed by atoms with Gasteiger partial charge < -0.3 is 48.3 Å². The maximum absolute atomic E-state index is 13.7. The van der Waals surface area contributed by atoms with E-state index in [9.17, 15) is 43.8 Å². The van der Waals surface area contributed by atoms with Crippen LogP contribution < -0.4 is 38.1 Å². The maximum Gasteiger partial charge on any atom is 0.305 e. The molecule has 0 heterocycles. The SMILES string of the molecule is CC(C)[C@H](NC(=O)[C@@H](NC(=O)[C@H](CC(=O)O)NC(=O)[C@H](Cc1ccccc1)NC(=O)[C@@H](C)NC(=O)[C@@H](N)Cc1ccc(O)cc1)C(C)C)C(N)=O. The fourth-order valence-corrected chi connectivity index (χ4v) is 4.97. The van der Waals surface area contributed by atoms with Crippen LogP contribution in [0.25, 0.3) is 0 Å². The topological polar surface area (TPSA) is 272 Å². The first-order valence-electron chi connectivity index (χ1n) is 16.5. The number of nitrogens with two attached hydrogens (primary N) is 2. The molecule has 0 saturated carbocycles. The average Bonchev–Trinajstić information content (AvgIpc) is 3.05. The summed E-state index contributed by atoms with van der Waals surface area (Å²) in [6, 6.07) is 7.22. The Morgan fingerprint density at radius 2 is 1.12 bits per heavy atom. The van der Waals surface area contributed by atoms with Crippen molar-refractivity contribution in [2.75, 3.05) is 0 Å². The number of hydrogen-bond acceptors (Lipinski definition) is 9. The third-order valence-corrected chi connectivity index (χ3v) is 7.93. The summed E-state index contributed by atoms with van der Waals surface area (Å²) >= 11 is 0. The number of phenols is 1. The first-order valence-corrected chi connectivity index (χ1v) is 16.5. The standard InChI is InChI=1S/C35H49N7O9/c1-18(2)28(30(37)46)41-35(51)29(19(3)4)42-34(50)26(17-27(44)45)40-33(49)25(16-21-9-7-6-8-10-21)39-31(47)20(5)38-32(48)24(36)15-22-11-13-23(43)14-12-22/h6-14,18-20,24-26,28-29,43H,15-17,36H2,1-5H3,(H2,37,46)(H,38,48)(H,39,47)(H,40,49)(H,41,51)(H,42,50)(H,44,45)/t20-,24+,25+,26+,28+,29+/m1/s1. The fraction of sp³-hybridized carbons (Fsp3) is 0.457. The molecule has 0 aliphatic carbocycles. The lowest BCUT2D eigenvalue weighted by molar-refractivity contribution is -0.141. The first kappa shape index (κ1) is 41.7. The van der Waals surface area contributed by atoms with Gasteiger partial charge in [-0.2, -0.15) is 0 Å². The monoisotopic (exact) mass is 711 g/mol. The van der Waals surface area contributed by atoms with Crippen LogP contribution in [0.3, 0.4) is 0 Å². The lowest BCUT2D eigenvalue weighted by atomic mass is 9.99. The average molecular weight is 712 g/mol. The Morgan fingerprint density at radius 1 is 0.608 bits per heavy atom. The molecule has 0 spiro atoms. The highest BCUT2D eigenvalue weighted by Gasteiger charge is 2.34. The molecule has 278 valence electrons. The number of rotatable bonds is 19. The predicted molar refractivity (Wildman–Crippen MR) is 186 cm³/mol. The zero-order chi connectivity index (χ0) is 38.4. The van der Waals surface area contributed by atoms with Crippen LogP contribution in [0.15, 0.2) is 54.6 Å². The van der Waals surface area contributed by atoms with Gasteiger partial charge in [0.05, 0.1) is 12.5 Å². The van der Waals surface area contributed by atoms with E-state index in [2.05, 4.69) is 26.6 Å². The minimum atomic E-state index is -1.67. The van der Waals surface area contributed by atoms with Gasteiger partial charge in [-0.3, -0.25) is 33.6 Å². The molecule has 0 radical (unpaired) electrons. The van der Waals surface area contributed by atoms with E-state index in [1.54, 1.807) is 70.2 Å². The van der Waals surface area contributed by atoms with E-state index >= 15 is 0 Å². The van der Waals surface area contributed by atoms with Crippen LogP contribution in [0.4, 0.5) is 0 Å². The number of primary amides is 1. The maximum atomic E-state index is 13.7. The Kier molecular flexibility index (Phi) is 16.0. The van der Waals surface area contributed by atoms with Crippen LogP contribution in [0.2, 0.25) is 0 Å². The van der Waals surface area contributed by atoms with Gasteiger partial charge in [-0.05, 0) is 48.4 Å². The van der Waals surface area contributed by atoms with Gasteiger partial charge in [0.15, 0.2) is 0 Å². The molecule has 16 heteroatoms. The molecule has 2 aromatic carbocycles. The number of hydrogen-bond donors (Lipinski definition) is 9. The zero-order valence-electron chi connectivity index (χ0n) is 29.3. The zero-order valence-corrected chi connectivity index (χ0v) is 29.3. The Morgan fingerprint density at radius 3 is 1.65 bits per heavy atom. The summed E-state index contributed by atoms with van der Waals surface area (Å²) in [5, 5.41) is 31.5. The number of carbonyl (C=O) groups excluding carboxylic acids is 6. The third kappa shape index (κ3) is 13.7. The molecule has 6 amide bonds. The number of nitrogens with one attached hydrogen (secondary N) is 5. The Hall–Kier alpha value is -5.51. The molecule has 0 fully saturated rings. The number of carbonyl (C=O) groups is 7. The molecule has 0 bridgehead atoms. The number of aliphatic carboxylic acids is 1. The normalized spacial score (nSPS) is 14.6. The van der Waals surface area contributed by atoms with Gasteiger partial charge in [0.25, 0.3) is 0 Å². The van der Waals surface area contributed by atoms with E-state index in [1.165, 1.54) is 19.1 Å². The van der Waals surface area contributed by atoms with E-state index in [0.29, 0.717) is 11.1 Å². The van der Waals surface area contributed by atoms with Crippen molar-refractivity contribution in [2.45, 2.75) is 90.1 Å². The van der Waals surface area contributed by atoms with Crippen LogP contribution in [0, 0.1) is 11.8 Å². The van der Waals surface area contributed by atoms with Crippen molar-refractivity contribution < 1.29 is 43.8 Å². The van der Waals surface area contributed by atoms with Crippen LogP contribution in [0.5, 0.6) is 5.75 Å². The summed E-state index contributed by atoms with van der Waals surface area (Å²) < 4.78 is 0. The second kappa shape index (κ2) is 19.6. The lowest BCUT2D eigenvalue weighted by Gasteiger charge is -2.28. The third-order valence-electron chi connectivity index (χ3n) is 7.93. The van der Waals surface area contributed by atoms with Crippen molar-refractivity contribution in [3.8, 4) is 5.75 Å². The van der Waals surface area contributed by atoms with Crippen molar-refractivity contribution in [2.24, 2.45) is 23.3 Å². The minimum Gasteiger partial charge on any atom is -0.508 e. The molecule has 0 aliphatic rings. The Balaban J connectivity index is 2.23. The van der Waals surface area contributed by atoms with Crippen molar-refractivity contribution in [3.63, 3.8) is 0 Å². The lowest BCUT2D eigenvalue weighted by Crippen LogP contribution is -2.61. The second-order valence-electron chi connectivity index (χ2n) is 13.0. The minimum absolute atomic E-state index is 0.0510. The number of aromatic hydroxyl groups is 1. The Labute approximate surface area is 296 Å². The molecule has 0 aliphatic heterocycles. The molecule has 2 aromatic rings. The van der Waals surface area contributed by atoms with Gasteiger partial charge in [-0.25, -0.2) is 0 Å². The molecule has 16 nitrogen and oxygen atoms in total. The number of carboxylic acids is 1. The summed E-state index contributed by atoms with van der Waals surface area (Å²) in [6.45, 7) is 7.97. The number of phenolic OH excluding ortho intramolecular Hbond substituents is 1. The molecule has 0 saturated heterocycles. The highest BCUT2D eigenvalue weighted by Crippen LogP contribution is 2.12. The predicted octanol–water partition coefficient (Wildman–Crippen LogP) is -0.779. The molecule has 11 N–H and O–H groups in total. The summed E-state index contributed by atoms with van der Waals surface area (Å²) in [5.74, 6) is -7.08. The van der Waals surface area contributed by atoms with Crippen molar-refractivity contribution in [1.29, 1.82) is 0 Å². The largest absolute Gasteiger partial charge is 0.508 e. The molecule has 6 atom stereocenters. The molecule has 2 rings (SSSR count). The summed E-state index contributed by atoms with van der Waals surface area (Å²) in [7, 11) is 0. The summed E-state index contributed by atoms with van der Waals surface area (Å²) in [6.07, 6.45) is -0.811. The van der Waals surface area contributed by atoms with Crippen molar-refractivity contribution in [1.82, 2.24) is 26.6 Å². The number of amides is 6. The van der Waals surface area contributed by atoms with Crippen LogP contribution in [-0.4, -0.2) is 87.9 Å². The van der Waals surface area contributed by atoms with Gasteiger partial charge in [0.1, 0.15) is 36.0 Å². The van der Waals surface area contributed by atoms with Gasteiger partial charge in [0, 0.05) is 6.42 Å². The van der Waals surface area contributed by atoms with E-state index in [1.807, 2.05) is 0 Å². The van der Waals surface area contributed by atoms with Crippen LogP contribution in [0.1, 0.15) is 52.2 Å². The van der Waals surface area contributed by atoms with Gasteiger partial charge >= 0.3 is 5.97 Å². The molecule has 51 heavy (non-hydrogen) atoms. The number of carboxylic acid groups (broad SMARTS) is 1. The highest BCUT2D eigenvalue weighted by atomic mass is 16.4. The van der Waals surface area contributed by atoms with Gasteiger partial charge in [0.2, 0.25) is 35.4 Å². The summed E-state index contributed by atoms with van der Waals surface area (Å²) in [5.41, 5.74) is 12.7. The number of benzene rings is 2. The molecule has 0 unspecified atom stereocenters. The van der Waals surface area contributed by atoms with Gasteiger partial charge in [-0.1, -0.05) is 70.2 Å². The molecular formula is C35H49N7O9.